The maximum atomic E-state index is 13.7. The molecule has 2 N–H and O–H groups in total. The van der Waals surface area contributed by atoms with E-state index in [1.807, 2.05) is 42.6 Å². The van der Waals surface area contributed by atoms with E-state index in [-0.39, 0.29) is 17.6 Å². The fourth-order valence-electron chi connectivity index (χ4n) is 4.81. The number of halogens is 1. The van der Waals surface area contributed by atoms with Gasteiger partial charge >= 0.3 is 0 Å². The van der Waals surface area contributed by atoms with Crippen molar-refractivity contribution in [2.24, 2.45) is 0 Å². The summed E-state index contributed by atoms with van der Waals surface area (Å²) in [6.07, 6.45) is 1.12. The first-order chi connectivity index (χ1) is 16.0. The van der Waals surface area contributed by atoms with Gasteiger partial charge in [0.2, 0.25) is 0 Å². The lowest BCUT2D eigenvalue weighted by Crippen LogP contribution is -2.36. The number of dihydropyridines is 1. The van der Waals surface area contributed by atoms with E-state index in [2.05, 4.69) is 22.8 Å². The van der Waals surface area contributed by atoms with E-state index < -0.39 is 11.7 Å². The second kappa shape index (κ2) is 8.79. The minimum absolute atomic E-state index is 0.0551. The summed E-state index contributed by atoms with van der Waals surface area (Å²) in [6, 6.07) is 19.8. The van der Waals surface area contributed by atoms with Crippen molar-refractivity contribution in [1.29, 1.82) is 0 Å². The summed E-state index contributed by atoms with van der Waals surface area (Å²) in [6.45, 7) is 1.86. The number of Topliss-reactive ketones (excluding diaryl/α,β-unsaturated/α-hetero) is 1. The normalized spacial score (nSPS) is 20.4. The molecule has 0 saturated carbocycles. The topological polar surface area (TPSA) is 58.2 Å². The van der Waals surface area contributed by atoms with E-state index in [4.69, 9.17) is 0 Å². The molecule has 0 saturated heterocycles. The molecule has 2 aliphatic rings. The molecule has 0 radical (unpaired) electrons. The Morgan fingerprint density at radius 1 is 1.06 bits per heavy atom. The molecular formula is C27H23FN2O2S. The summed E-state index contributed by atoms with van der Waals surface area (Å²) >= 11 is 1.53. The summed E-state index contributed by atoms with van der Waals surface area (Å²) in [4.78, 5) is 27.8. The Balaban J connectivity index is 1.53. The van der Waals surface area contributed by atoms with Crippen molar-refractivity contribution < 1.29 is 14.0 Å². The Morgan fingerprint density at radius 2 is 1.88 bits per heavy atom. The molecule has 1 aliphatic heterocycles. The zero-order chi connectivity index (χ0) is 22.9. The van der Waals surface area contributed by atoms with Gasteiger partial charge in [-0.1, -0.05) is 42.5 Å². The molecule has 2 atom stereocenters. The van der Waals surface area contributed by atoms with Gasteiger partial charge in [0, 0.05) is 39.5 Å². The Hall–Kier alpha value is -3.51. The molecule has 1 amide bonds. The minimum atomic E-state index is -0.445. The van der Waals surface area contributed by atoms with Gasteiger partial charge in [0.25, 0.3) is 5.91 Å². The second-order valence-corrected chi connectivity index (χ2v) is 9.39. The number of ketones is 1. The van der Waals surface area contributed by atoms with Crippen LogP contribution in [0.5, 0.6) is 0 Å². The van der Waals surface area contributed by atoms with E-state index in [0.29, 0.717) is 35.4 Å². The Morgan fingerprint density at radius 3 is 2.61 bits per heavy atom. The highest BCUT2D eigenvalue weighted by molar-refractivity contribution is 7.10. The fraction of sp³-hybridized carbons (Fsp3) is 0.185. The monoisotopic (exact) mass is 458 g/mol. The van der Waals surface area contributed by atoms with Gasteiger partial charge < -0.3 is 10.6 Å². The van der Waals surface area contributed by atoms with Crippen molar-refractivity contribution in [3.05, 3.63) is 111 Å². The summed E-state index contributed by atoms with van der Waals surface area (Å²) in [5.41, 5.74) is 4.28. The number of hydrogen-bond donors (Lipinski definition) is 2. The van der Waals surface area contributed by atoms with Crippen molar-refractivity contribution in [1.82, 2.24) is 5.32 Å². The zero-order valence-corrected chi connectivity index (χ0v) is 18.9. The van der Waals surface area contributed by atoms with Crippen LogP contribution in [0.15, 0.2) is 94.7 Å². The molecule has 5 rings (SSSR count). The van der Waals surface area contributed by atoms with Crippen LogP contribution in [0, 0.1) is 5.82 Å². The molecule has 0 bridgehead atoms. The molecule has 0 fully saturated rings. The predicted octanol–water partition coefficient (Wildman–Crippen LogP) is 5.89. The summed E-state index contributed by atoms with van der Waals surface area (Å²) in [7, 11) is 0. The highest BCUT2D eigenvalue weighted by Crippen LogP contribution is 2.46. The Bertz CT molecular complexity index is 1280. The molecule has 6 heteroatoms. The van der Waals surface area contributed by atoms with Gasteiger partial charge in [0.15, 0.2) is 5.78 Å². The quantitative estimate of drug-likeness (QED) is 0.513. The predicted molar refractivity (Wildman–Crippen MR) is 128 cm³/mol. The van der Waals surface area contributed by atoms with Crippen molar-refractivity contribution in [2.75, 3.05) is 5.32 Å². The molecule has 2 heterocycles. The Labute approximate surface area is 195 Å². The third-order valence-corrected chi connectivity index (χ3v) is 7.19. The number of hydrogen-bond acceptors (Lipinski definition) is 4. The number of benzene rings is 2. The number of carbonyl (C=O) groups is 2. The molecule has 2 aromatic carbocycles. The third kappa shape index (κ3) is 4.14. The number of thiophene rings is 1. The lowest BCUT2D eigenvalue weighted by molar-refractivity contribution is -0.116. The first kappa shape index (κ1) is 21.3. The molecule has 3 aromatic rings. The maximum absolute atomic E-state index is 13.7. The molecular weight excluding hydrogens is 435 g/mol. The van der Waals surface area contributed by atoms with E-state index in [1.54, 1.807) is 12.1 Å². The minimum Gasteiger partial charge on any atom is -0.362 e. The first-order valence-corrected chi connectivity index (χ1v) is 11.8. The molecule has 0 unspecified atom stereocenters. The number of anilines is 1. The van der Waals surface area contributed by atoms with Gasteiger partial charge in [-0.2, -0.15) is 0 Å². The van der Waals surface area contributed by atoms with Crippen LogP contribution < -0.4 is 10.6 Å². The molecule has 33 heavy (non-hydrogen) atoms. The van der Waals surface area contributed by atoms with Gasteiger partial charge in [-0.25, -0.2) is 4.39 Å². The summed E-state index contributed by atoms with van der Waals surface area (Å²) < 4.78 is 13.7. The SMILES string of the molecule is CC1=C(C(=O)Nc2cccc(F)c2)[C@@H](c2cccs2)C2=C(C[C@H](c3ccccc3)CC2=O)N1. The van der Waals surface area contributed by atoms with Crippen molar-refractivity contribution in [3.63, 3.8) is 0 Å². The Kier molecular flexibility index (Phi) is 5.68. The summed E-state index contributed by atoms with van der Waals surface area (Å²) in [5.74, 6) is -1.05. The van der Waals surface area contributed by atoms with Crippen molar-refractivity contribution >= 4 is 28.7 Å². The first-order valence-electron chi connectivity index (χ1n) is 10.9. The standard InChI is InChI=1S/C27H23FN2O2S/c1-16-24(27(32)30-20-10-5-9-19(28)15-20)26(23-11-6-12-33-23)25-21(29-16)13-18(14-22(25)31)17-7-3-2-4-8-17/h2-12,15,18,26,29H,13-14H2,1H3,(H,30,32)/t18-,26+/m0/s1. The number of amides is 1. The third-order valence-electron chi connectivity index (χ3n) is 6.25. The average Bonchev–Trinajstić information content (AvgIpc) is 3.33. The van der Waals surface area contributed by atoms with E-state index in [1.165, 1.54) is 23.5 Å². The summed E-state index contributed by atoms with van der Waals surface area (Å²) in [5, 5.41) is 8.14. The zero-order valence-electron chi connectivity index (χ0n) is 18.1. The highest BCUT2D eigenvalue weighted by atomic mass is 32.1. The number of carbonyl (C=O) groups excluding carboxylic acids is 2. The van der Waals surface area contributed by atoms with Crippen LogP contribution in [0.3, 0.4) is 0 Å². The van der Waals surface area contributed by atoms with E-state index >= 15 is 0 Å². The lowest BCUT2D eigenvalue weighted by Gasteiger charge is -2.36. The number of rotatable bonds is 4. The average molecular weight is 459 g/mol. The van der Waals surface area contributed by atoms with Gasteiger partial charge in [0.05, 0.1) is 5.92 Å². The van der Waals surface area contributed by atoms with E-state index in [0.717, 1.165) is 16.1 Å². The van der Waals surface area contributed by atoms with Gasteiger partial charge in [-0.05, 0) is 54.5 Å². The van der Waals surface area contributed by atoms with Crippen LogP contribution in [-0.2, 0) is 9.59 Å². The van der Waals surface area contributed by atoms with Crippen LogP contribution in [0.4, 0.5) is 10.1 Å². The van der Waals surface area contributed by atoms with Gasteiger partial charge in [0.1, 0.15) is 5.82 Å². The van der Waals surface area contributed by atoms with Crippen LogP contribution in [0.1, 0.15) is 42.0 Å². The van der Waals surface area contributed by atoms with E-state index in [9.17, 15) is 14.0 Å². The fourth-order valence-corrected chi connectivity index (χ4v) is 5.65. The van der Waals surface area contributed by atoms with Gasteiger partial charge in [-0.3, -0.25) is 9.59 Å². The van der Waals surface area contributed by atoms with Crippen molar-refractivity contribution in [3.8, 4) is 0 Å². The van der Waals surface area contributed by atoms with Crippen LogP contribution in [0.2, 0.25) is 0 Å². The number of nitrogens with one attached hydrogen (secondary N) is 2. The molecule has 1 aromatic heterocycles. The second-order valence-electron chi connectivity index (χ2n) is 8.41. The van der Waals surface area contributed by atoms with Crippen LogP contribution >= 0.6 is 11.3 Å². The molecule has 0 spiro atoms. The number of allylic oxidation sites excluding steroid dienone is 3. The molecule has 166 valence electrons. The lowest BCUT2D eigenvalue weighted by atomic mass is 9.73. The molecule has 1 aliphatic carbocycles. The smallest absolute Gasteiger partial charge is 0.254 e. The van der Waals surface area contributed by atoms with Gasteiger partial charge in [-0.15, -0.1) is 11.3 Å². The van der Waals surface area contributed by atoms with Crippen LogP contribution in [-0.4, -0.2) is 11.7 Å². The highest BCUT2D eigenvalue weighted by Gasteiger charge is 2.41. The van der Waals surface area contributed by atoms with Crippen molar-refractivity contribution in [2.45, 2.75) is 31.6 Å². The largest absolute Gasteiger partial charge is 0.362 e. The molecule has 4 nitrogen and oxygen atoms in total. The van der Waals surface area contributed by atoms with Crippen LogP contribution in [0.25, 0.3) is 0 Å². The maximum Gasteiger partial charge on any atom is 0.254 e.